The molecule has 86 valence electrons. The standard InChI is InChI=1S/C7H4F2IN3O3/c8-6(9)5-4(7(11)14)2(10)1-3(12-5)13(15)16/h1,6H,(H2,11,14). The maximum Gasteiger partial charge on any atom is 0.365 e. The van der Waals surface area contributed by atoms with Crippen LogP contribution in [0.25, 0.3) is 0 Å². The topological polar surface area (TPSA) is 99.1 Å². The molecule has 1 aromatic heterocycles. The maximum atomic E-state index is 12.5. The molecule has 0 saturated heterocycles. The van der Waals surface area contributed by atoms with Gasteiger partial charge in [-0.1, -0.05) is 0 Å². The zero-order valence-corrected chi connectivity index (χ0v) is 9.64. The van der Waals surface area contributed by atoms with Crippen molar-refractivity contribution in [1.29, 1.82) is 0 Å². The Balaban J connectivity index is 3.51. The number of halogens is 3. The first kappa shape index (κ1) is 12.7. The largest absolute Gasteiger partial charge is 0.365 e. The second-order valence-electron chi connectivity index (χ2n) is 2.64. The number of pyridine rings is 1. The molecule has 0 spiro atoms. The molecular formula is C7H4F2IN3O3. The van der Waals surface area contributed by atoms with Gasteiger partial charge >= 0.3 is 12.2 Å². The van der Waals surface area contributed by atoms with Crippen molar-refractivity contribution in [3.05, 3.63) is 31.0 Å². The first-order valence-corrected chi connectivity index (χ1v) is 4.85. The minimum absolute atomic E-state index is 0.0258. The fourth-order valence-electron chi connectivity index (χ4n) is 1.01. The van der Waals surface area contributed by atoms with Crippen molar-refractivity contribution < 1.29 is 18.5 Å². The molecule has 1 aromatic rings. The molecule has 0 unspecified atom stereocenters. The molecule has 0 bridgehead atoms. The first-order chi connectivity index (χ1) is 7.34. The van der Waals surface area contributed by atoms with Gasteiger partial charge in [0.15, 0.2) is 0 Å². The van der Waals surface area contributed by atoms with Crippen LogP contribution in [-0.4, -0.2) is 15.8 Å². The van der Waals surface area contributed by atoms with E-state index in [0.717, 1.165) is 6.07 Å². The second-order valence-corrected chi connectivity index (χ2v) is 3.81. The zero-order valence-electron chi connectivity index (χ0n) is 7.49. The fraction of sp³-hybridized carbons (Fsp3) is 0.143. The normalized spacial score (nSPS) is 10.5. The summed E-state index contributed by atoms with van der Waals surface area (Å²) in [5, 5.41) is 10.4. The van der Waals surface area contributed by atoms with Crippen LogP contribution in [0, 0.1) is 13.7 Å². The lowest BCUT2D eigenvalue weighted by Gasteiger charge is -2.03. The van der Waals surface area contributed by atoms with E-state index in [9.17, 15) is 23.7 Å². The summed E-state index contributed by atoms with van der Waals surface area (Å²) in [6, 6.07) is 0.909. The van der Waals surface area contributed by atoms with Crippen molar-refractivity contribution in [2.24, 2.45) is 5.73 Å². The van der Waals surface area contributed by atoms with E-state index in [4.69, 9.17) is 5.73 Å². The SMILES string of the molecule is NC(=O)c1c(I)cc([N+](=O)[O-])nc1C(F)F. The molecule has 0 aliphatic rings. The van der Waals surface area contributed by atoms with Crippen LogP contribution in [0.4, 0.5) is 14.6 Å². The number of carbonyl (C=O) groups excluding carboxylic acids is 1. The Hall–Kier alpha value is -1.39. The smallest absolute Gasteiger partial charge is 0.365 e. The minimum Gasteiger partial charge on any atom is -0.365 e. The van der Waals surface area contributed by atoms with E-state index >= 15 is 0 Å². The van der Waals surface area contributed by atoms with Crippen molar-refractivity contribution in [3.8, 4) is 0 Å². The number of nitro groups is 1. The van der Waals surface area contributed by atoms with Crippen molar-refractivity contribution in [2.75, 3.05) is 0 Å². The van der Waals surface area contributed by atoms with Crippen molar-refractivity contribution in [1.82, 2.24) is 4.98 Å². The van der Waals surface area contributed by atoms with Crippen molar-refractivity contribution in [3.63, 3.8) is 0 Å². The molecule has 1 amide bonds. The number of alkyl halides is 2. The van der Waals surface area contributed by atoms with Crippen LogP contribution < -0.4 is 5.73 Å². The average molecular weight is 343 g/mol. The third-order valence-electron chi connectivity index (χ3n) is 1.63. The number of carbonyl (C=O) groups is 1. The molecule has 0 aliphatic carbocycles. The highest BCUT2D eigenvalue weighted by atomic mass is 127. The zero-order chi connectivity index (χ0) is 12.5. The highest BCUT2D eigenvalue weighted by molar-refractivity contribution is 14.1. The van der Waals surface area contributed by atoms with E-state index in [1.54, 1.807) is 0 Å². The average Bonchev–Trinajstić information content (AvgIpc) is 2.15. The Bertz CT molecular complexity index is 466. The molecule has 0 radical (unpaired) electrons. The molecule has 0 saturated carbocycles. The van der Waals surface area contributed by atoms with Gasteiger partial charge in [0.25, 0.3) is 5.91 Å². The van der Waals surface area contributed by atoms with Crippen molar-refractivity contribution >= 4 is 34.3 Å². The highest BCUT2D eigenvalue weighted by Gasteiger charge is 2.29. The molecule has 16 heavy (non-hydrogen) atoms. The molecule has 0 aliphatic heterocycles. The summed E-state index contributed by atoms with van der Waals surface area (Å²) in [4.78, 5) is 23.5. The van der Waals surface area contributed by atoms with Gasteiger partial charge in [0.2, 0.25) is 5.69 Å². The van der Waals surface area contributed by atoms with E-state index < -0.39 is 34.3 Å². The monoisotopic (exact) mass is 343 g/mol. The third-order valence-corrected chi connectivity index (χ3v) is 2.48. The van der Waals surface area contributed by atoms with Crippen LogP contribution in [0.15, 0.2) is 6.07 Å². The minimum atomic E-state index is -3.10. The summed E-state index contributed by atoms with van der Waals surface area (Å²) in [7, 11) is 0. The number of nitrogens with two attached hydrogens (primary N) is 1. The predicted molar refractivity (Wildman–Crippen MR) is 57.1 cm³/mol. The predicted octanol–water partition coefficient (Wildman–Crippen LogP) is 1.63. The van der Waals surface area contributed by atoms with Crippen LogP contribution in [0.3, 0.4) is 0 Å². The Labute approximate surface area is 101 Å². The van der Waals surface area contributed by atoms with Gasteiger partial charge in [-0.2, -0.15) is 0 Å². The molecule has 1 rings (SSSR count). The molecule has 2 N–H and O–H groups in total. The maximum absolute atomic E-state index is 12.5. The first-order valence-electron chi connectivity index (χ1n) is 3.77. The lowest BCUT2D eigenvalue weighted by atomic mass is 10.2. The van der Waals surface area contributed by atoms with Crippen LogP contribution in [-0.2, 0) is 0 Å². The molecule has 6 nitrogen and oxygen atoms in total. The van der Waals surface area contributed by atoms with Gasteiger partial charge in [-0.25, -0.2) is 8.78 Å². The molecular weight excluding hydrogens is 339 g/mol. The summed E-state index contributed by atoms with van der Waals surface area (Å²) in [6.45, 7) is 0. The number of hydrogen-bond acceptors (Lipinski definition) is 4. The second kappa shape index (κ2) is 4.63. The number of hydrogen-bond donors (Lipinski definition) is 1. The fourth-order valence-corrected chi connectivity index (χ4v) is 1.84. The summed E-state index contributed by atoms with van der Waals surface area (Å²) in [5.41, 5.74) is 3.44. The van der Waals surface area contributed by atoms with E-state index in [2.05, 4.69) is 4.98 Å². The van der Waals surface area contributed by atoms with E-state index in [1.807, 2.05) is 0 Å². The molecule has 0 aromatic carbocycles. The Morgan fingerprint density at radius 1 is 1.62 bits per heavy atom. The van der Waals surface area contributed by atoms with Gasteiger partial charge in [-0.05, 0) is 32.5 Å². The summed E-state index contributed by atoms with van der Waals surface area (Å²) in [6.07, 6.45) is -3.10. The lowest BCUT2D eigenvalue weighted by Crippen LogP contribution is -2.17. The van der Waals surface area contributed by atoms with Gasteiger partial charge in [0.1, 0.15) is 5.56 Å². The number of nitrogens with zero attached hydrogens (tertiary/aromatic N) is 2. The van der Waals surface area contributed by atoms with Gasteiger partial charge in [-0.3, -0.25) is 4.79 Å². The Kier molecular flexibility index (Phi) is 3.67. The molecule has 1 heterocycles. The van der Waals surface area contributed by atoms with Crippen LogP contribution in [0.2, 0.25) is 0 Å². The molecule has 0 atom stereocenters. The van der Waals surface area contributed by atoms with Gasteiger partial charge in [0.05, 0.1) is 6.07 Å². The van der Waals surface area contributed by atoms with Crippen LogP contribution in [0.1, 0.15) is 22.5 Å². The highest BCUT2D eigenvalue weighted by Crippen LogP contribution is 2.27. The van der Waals surface area contributed by atoms with Gasteiger partial charge < -0.3 is 15.8 Å². The summed E-state index contributed by atoms with van der Waals surface area (Å²) in [5.74, 6) is -1.84. The van der Waals surface area contributed by atoms with Crippen LogP contribution >= 0.6 is 22.6 Å². The van der Waals surface area contributed by atoms with E-state index in [1.165, 1.54) is 22.6 Å². The van der Waals surface area contributed by atoms with Gasteiger partial charge in [-0.15, -0.1) is 0 Å². The summed E-state index contributed by atoms with van der Waals surface area (Å²) < 4.78 is 25.0. The number of aromatic nitrogens is 1. The quantitative estimate of drug-likeness (QED) is 0.512. The third kappa shape index (κ3) is 2.40. The molecule has 0 fully saturated rings. The number of amides is 1. The van der Waals surface area contributed by atoms with E-state index in [-0.39, 0.29) is 3.57 Å². The Morgan fingerprint density at radius 2 is 2.19 bits per heavy atom. The Morgan fingerprint density at radius 3 is 2.56 bits per heavy atom. The number of primary amides is 1. The number of rotatable bonds is 3. The van der Waals surface area contributed by atoms with Gasteiger partial charge in [0, 0.05) is 3.57 Å². The molecule has 9 heteroatoms. The van der Waals surface area contributed by atoms with Crippen molar-refractivity contribution in [2.45, 2.75) is 6.43 Å². The summed E-state index contributed by atoms with van der Waals surface area (Å²) >= 11 is 1.51. The van der Waals surface area contributed by atoms with E-state index in [0.29, 0.717) is 0 Å². The lowest BCUT2D eigenvalue weighted by molar-refractivity contribution is -0.389. The van der Waals surface area contributed by atoms with Crippen LogP contribution in [0.5, 0.6) is 0 Å².